The van der Waals surface area contributed by atoms with Crippen molar-refractivity contribution >= 4 is 24.0 Å². The molecule has 0 spiro atoms. The van der Waals surface area contributed by atoms with E-state index < -0.39 is 0 Å². The van der Waals surface area contributed by atoms with Gasteiger partial charge >= 0.3 is 0 Å². The van der Waals surface area contributed by atoms with Gasteiger partial charge in [0.2, 0.25) is 5.91 Å². The van der Waals surface area contributed by atoms with Gasteiger partial charge in [0.15, 0.2) is 0 Å². The topological polar surface area (TPSA) is 44.4 Å². The number of carbonyl (C=O) groups is 1. The van der Waals surface area contributed by atoms with Crippen LogP contribution in [0.25, 0.3) is 0 Å². The van der Waals surface area contributed by atoms with E-state index in [4.69, 9.17) is 0 Å². The molecule has 1 aromatic rings. The van der Waals surface area contributed by atoms with Crippen LogP contribution < -0.4 is 10.6 Å². The van der Waals surface area contributed by atoms with Crippen LogP contribution in [0.1, 0.15) is 39.2 Å². The highest BCUT2D eigenvalue weighted by atomic mass is 35.5. The van der Waals surface area contributed by atoms with Crippen LogP contribution in [0.2, 0.25) is 0 Å². The second-order valence-electron chi connectivity index (χ2n) is 6.45. The van der Waals surface area contributed by atoms with Gasteiger partial charge in [-0.1, -0.05) is 32.0 Å². The molecule has 0 saturated carbocycles. The lowest BCUT2D eigenvalue weighted by molar-refractivity contribution is -0.117. The molecule has 5 heteroatoms. The highest BCUT2D eigenvalue weighted by Gasteiger charge is 2.22. The van der Waals surface area contributed by atoms with Gasteiger partial charge in [-0.25, -0.2) is 0 Å². The molecule has 2 unspecified atom stereocenters. The highest BCUT2D eigenvalue weighted by Crippen LogP contribution is 2.23. The number of carbonyl (C=O) groups excluding carboxylic acids is 1. The molecule has 2 rings (SSSR count). The Morgan fingerprint density at radius 2 is 1.86 bits per heavy atom. The van der Waals surface area contributed by atoms with Gasteiger partial charge in [0.25, 0.3) is 0 Å². The van der Waals surface area contributed by atoms with E-state index in [-0.39, 0.29) is 18.3 Å². The number of piperazine rings is 1. The fraction of sp³-hybridized carbons (Fsp3) is 0.588. The smallest absolute Gasteiger partial charge is 0.238 e. The average Bonchev–Trinajstić information content (AvgIpc) is 2.37. The first-order chi connectivity index (χ1) is 9.95. The highest BCUT2D eigenvalue weighted by molar-refractivity contribution is 5.93. The Balaban J connectivity index is 0.00000242. The van der Waals surface area contributed by atoms with Gasteiger partial charge in [0.05, 0.1) is 6.54 Å². The maximum Gasteiger partial charge on any atom is 0.238 e. The predicted molar refractivity (Wildman–Crippen MR) is 94.9 cm³/mol. The summed E-state index contributed by atoms with van der Waals surface area (Å²) in [6, 6.07) is 8.92. The van der Waals surface area contributed by atoms with E-state index in [1.54, 1.807) is 0 Å². The summed E-state index contributed by atoms with van der Waals surface area (Å²) in [6.45, 7) is 10.9. The second kappa shape index (κ2) is 8.51. The van der Waals surface area contributed by atoms with E-state index in [9.17, 15) is 4.79 Å². The summed E-state index contributed by atoms with van der Waals surface area (Å²) in [5.74, 6) is 0.477. The number of rotatable bonds is 4. The van der Waals surface area contributed by atoms with E-state index in [0.29, 0.717) is 24.5 Å². The van der Waals surface area contributed by atoms with Gasteiger partial charge in [-0.2, -0.15) is 0 Å². The van der Waals surface area contributed by atoms with Gasteiger partial charge < -0.3 is 10.6 Å². The van der Waals surface area contributed by atoms with Crippen molar-refractivity contribution in [1.29, 1.82) is 0 Å². The van der Waals surface area contributed by atoms with Crippen molar-refractivity contribution in [3.63, 3.8) is 0 Å². The lowest BCUT2D eigenvalue weighted by Crippen LogP contribution is -2.55. The molecule has 1 aliphatic rings. The van der Waals surface area contributed by atoms with Gasteiger partial charge in [0, 0.05) is 30.9 Å². The number of nitrogens with zero attached hydrogens (tertiary/aromatic N) is 1. The molecule has 2 atom stereocenters. The zero-order valence-electron chi connectivity index (χ0n) is 13.9. The van der Waals surface area contributed by atoms with Crippen LogP contribution in [0.5, 0.6) is 0 Å². The molecular weight excluding hydrogens is 298 g/mol. The third kappa shape index (κ3) is 5.27. The van der Waals surface area contributed by atoms with E-state index >= 15 is 0 Å². The maximum atomic E-state index is 12.3. The Labute approximate surface area is 140 Å². The van der Waals surface area contributed by atoms with E-state index in [2.05, 4.69) is 49.3 Å². The molecule has 1 saturated heterocycles. The first kappa shape index (κ1) is 18.9. The first-order valence-corrected chi connectivity index (χ1v) is 7.83. The summed E-state index contributed by atoms with van der Waals surface area (Å²) in [5, 5.41) is 6.55. The Morgan fingerprint density at radius 1 is 1.27 bits per heavy atom. The van der Waals surface area contributed by atoms with Crippen LogP contribution in [0.4, 0.5) is 5.69 Å². The number of hydrogen-bond donors (Lipinski definition) is 2. The summed E-state index contributed by atoms with van der Waals surface area (Å²) < 4.78 is 0. The molecule has 0 aromatic heterocycles. The lowest BCUT2D eigenvalue weighted by atomic mass is 10.0. The van der Waals surface area contributed by atoms with Crippen molar-refractivity contribution in [2.45, 2.75) is 45.7 Å². The minimum Gasteiger partial charge on any atom is -0.325 e. The number of para-hydroxylation sites is 1. The van der Waals surface area contributed by atoms with Crippen LogP contribution in [0.3, 0.4) is 0 Å². The molecule has 4 nitrogen and oxygen atoms in total. The Morgan fingerprint density at radius 3 is 2.45 bits per heavy atom. The SMILES string of the molecule is CC1CN(CC(=O)Nc2ccccc2C(C)C)CC(C)N1.Cl. The third-order valence-electron chi connectivity index (χ3n) is 3.86. The Hall–Kier alpha value is -1.10. The van der Waals surface area contributed by atoms with Crippen molar-refractivity contribution < 1.29 is 4.79 Å². The molecule has 0 bridgehead atoms. The van der Waals surface area contributed by atoms with Crippen molar-refractivity contribution in [3.8, 4) is 0 Å². The molecule has 124 valence electrons. The zero-order valence-corrected chi connectivity index (χ0v) is 14.7. The number of nitrogens with one attached hydrogen (secondary N) is 2. The summed E-state index contributed by atoms with van der Waals surface area (Å²) >= 11 is 0. The molecular formula is C17H28ClN3O. The van der Waals surface area contributed by atoms with Gasteiger partial charge in [-0.05, 0) is 31.4 Å². The average molecular weight is 326 g/mol. The number of benzene rings is 1. The van der Waals surface area contributed by atoms with Crippen LogP contribution in [0, 0.1) is 0 Å². The normalized spacial score (nSPS) is 22.2. The van der Waals surface area contributed by atoms with Crippen LogP contribution >= 0.6 is 12.4 Å². The van der Waals surface area contributed by atoms with Gasteiger partial charge in [-0.15, -0.1) is 12.4 Å². The fourth-order valence-electron chi connectivity index (χ4n) is 3.08. The molecule has 1 amide bonds. The molecule has 1 heterocycles. The summed E-state index contributed by atoms with van der Waals surface area (Å²) in [6.07, 6.45) is 0. The molecule has 0 aliphatic carbocycles. The van der Waals surface area contributed by atoms with Gasteiger partial charge in [0.1, 0.15) is 0 Å². The quantitative estimate of drug-likeness (QED) is 0.894. The molecule has 22 heavy (non-hydrogen) atoms. The number of amides is 1. The molecule has 1 aromatic carbocycles. The van der Waals surface area contributed by atoms with E-state index in [1.807, 2.05) is 18.2 Å². The zero-order chi connectivity index (χ0) is 15.4. The minimum absolute atomic E-state index is 0. The van der Waals surface area contributed by atoms with Crippen molar-refractivity contribution in [3.05, 3.63) is 29.8 Å². The Kier molecular flexibility index (Phi) is 7.33. The standard InChI is InChI=1S/C17H27N3O.ClH/c1-12(2)15-7-5-6-8-16(15)19-17(21)11-20-9-13(3)18-14(4)10-20;/h5-8,12-14,18H,9-11H2,1-4H3,(H,19,21);1H. The predicted octanol–water partition coefficient (Wildman–Crippen LogP) is 2.85. The number of anilines is 1. The Bertz CT molecular complexity index is 483. The maximum absolute atomic E-state index is 12.3. The van der Waals surface area contributed by atoms with Crippen LogP contribution in [-0.4, -0.2) is 42.5 Å². The number of hydrogen-bond acceptors (Lipinski definition) is 3. The third-order valence-corrected chi connectivity index (χ3v) is 3.86. The van der Waals surface area contributed by atoms with E-state index in [1.165, 1.54) is 5.56 Å². The summed E-state index contributed by atoms with van der Waals surface area (Å²) in [4.78, 5) is 14.5. The largest absolute Gasteiger partial charge is 0.325 e. The summed E-state index contributed by atoms with van der Waals surface area (Å²) in [7, 11) is 0. The molecule has 2 N–H and O–H groups in total. The van der Waals surface area contributed by atoms with Gasteiger partial charge in [-0.3, -0.25) is 9.69 Å². The first-order valence-electron chi connectivity index (χ1n) is 7.83. The number of halogens is 1. The van der Waals surface area contributed by atoms with Crippen molar-refractivity contribution in [2.24, 2.45) is 0 Å². The second-order valence-corrected chi connectivity index (χ2v) is 6.45. The van der Waals surface area contributed by atoms with Crippen molar-refractivity contribution in [2.75, 3.05) is 25.0 Å². The minimum atomic E-state index is 0. The van der Waals surface area contributed by atoms with Crippen LogP contribution in [0.15, 0.2) is 24.3 Å². The molecule has 1 fully saturated rings. The molecule has 0 radical (unpaired) electrons. The monoisotopic (exact) mass is 325 g/mol. The lowest BCUT2D eigenvalue weighted by Gasteiger charge is -2.35. The van der Waals surface area contributed by atoms with Crippen LogP contribution in [-0.2, 0) is 4.79 Å². The van der Waals surface area contributed by atoms with E-state index in [0.717, 1.165) is 18.8 Å². The molecule has 1 aliphatic heterocycles. The fourth-order valence-corrected chi connectivity index (χ4v) is 3.08. The summed E-state index contributed by atoms with van der Waals surface area (Å²) in [5.41, 5.74) is 2.13. The van der Waals surface area contributed by atoms with Crippen molar-refractivity contribution in [1.82, 2.24) is 10.2 Å².